The van der Waals surface area contributed by atoms with Crippen molar-refractivity contribution >= 4 is 0 Å². The standard InChI is InChI=1S/C22H34/c1-16-11-13-22(5)18(3)12-14-21(4)17(2)9-10-19(21)7-6-8-20(22)15-16/h11,13,15,17-19H,1,6-10,12,14H2,2-5H3. The molecule has 0 amide bonds. The van der Waals surface area contributed by atoms with E-state index in [0.29, 0.717) is 5.41 Å². The second-order valence-corrected chi connectivity index (χ2v) is 8.87. The Morgan fingerprint density at radius 2 is 1.82 bits per heavy atom. The zero-order valence-corrected chi connectivity index (χ0v) is 15.1. The van der Waals surface area contributed by atoms with Gasteiger partial charge in [0.2, 0.25) is 0 Å². The van der Waals surface area contributed by atoms with Crippen LogP contribution in [0, 0.1) is 28.6 Å². The zero-order chi connectivity index (χ0) is 16.0. The van der Waals surface area contributed by atoms with Crippen molar-refractivity contribution in [2.45, 2.75) is 72.6 Å². The van der Waals surface area contributed by atoms with Crippen LogP contribution in [-0.4, -0.2) is 0 Å². The summed E-state index contributed by atoms with van der Waals surface area (Å²) in [4.78, 5) is 0. The number of hydrogen-bond donors (Lipinski definition) is 0. The van der Waals surface area contributed by atoms with Crippen LogP contribution < -0.4 is 0 Å². The molecule has 0 nitrogen and oxygen atoms in total. The number of rotatable bonds is 0. The molecule has 5 atom stereocenters. The third-order valence-corrected chi connectivity index (χ3v) is 7.84. The van der Waals surface area contributed by atoms with Gasteiger partial charge in [0.25, 0.3) is 0 Å². The van der Waals surface area contributed by atoms with Gasteiger partial charge in [0.05, 0.1) is 0 Å². The summed E-state index contributed by atoms with van der Waals surface area (Å²) in [5, 5.41) is 0. The van der Waals surface area contributed by atoms with Gasteiger partial charge in [-0.25, -0.2) is 0 Å². The molecule has 0 N–H and O–H groups in total. The van der Waals surface area contributed by atoms with E-state index in [1.165, 1.54) is 50.5 Å². The summed E-state index contributed by atoms with van der Waals surface area (Å²) in [6.45, 7) is 14.2. The lowest BCUT2D eigenvalue weighted by Crippen LogP contribution is -2.33. The molecule has 0 radical (unpaired) electrons. The minimum atomic E-state index is 0.256. The Morgan fingerprint density at radius 1 is 1.05 bits per heavy atom. The van der Waals surface area contributed by atoms with E-state index in [2.05, 4.69) is 52.5 Å². The summed E-state index contributed by atoms with van der Waals surface area (Å²) in [6, 6.07) is 0. The van der Waals surface area contributed by atoms with Crippen LogP contribution in [-0.2, 0) is 0 Å². The molecule has 3 aliphatic carbocycles. The largest absolute Gasteiger partial charge is 0.0918 e. The monoisotopic (exact) mass is 298 g/mol. The molecule has 0 saturated heterocycles. The second-order valence-electron chi connectivity index (χ2n) is 8.87. The van der Waals surface area contributed by atoms with E-state index in [0.717, 1.165) is 17.8 Å². The summed E-state index contributed by atoms with van der Waals surface area (Å²) in [5.74, 6) is 2.60. The van der Waals surface area contributed by atoms with E-state index in [9.17, 15) is 0 Å². The maximum absolute atomic E-state index is 4.17. The third-order valence-electron chi connectivity index (χ3n) is 7.84. The van der Waals surface area contributed by atoms with Crippen molar-refractivity contribution in [1.82, 2.24) is 0 Å². The Hall–Kier alpha value is -0.780. The fourth-order valence-electron chi connectivity index (χ4n) is 5.44. The molecule has 122 valence electrons. The van der Waals surface area contributed by atoms with Gasteiger partial charge in [-0.1, -0.05) is 58.1 Å². The van der Waals surface area contributed by atoms with E-state index in [4.69, 9.17) is 0 Å². The molecule has 0 aromatic rings. The van der Waals surface area contributed by atoms with Crippen LogP contribution in [0.1, 0.15) is 72.6 Å². The maximum atomic E-state index is 4.17. The normalized spacial score (nSPS) is 45.9. The van der Waals surface area contributed by atoms with Gasteiger partial charge in [-0.2, -0.15) is 0 Å². The SMILES string of the molecule is C=C1C=CC2(C)C(=C1)CCCC1CCC(C)C1(C)CCC2C. The fourth-order valence-corrected chi connectivity index (χ4v) is 5.44. The smallest absolute Gasteiger partial charge is 0.00946 e. The first kappa shape index (κ1) is 16.1. The van der Waals surface area contributed by atoms with Crippen molar-refractivity contribution < 1.29 is 0 Å². The molecule has 5 unspecified atom stereocenters. The Labute approximate surface area is 137 Å². The highest BCUT2D eigenvalue weighted by atomic mass is 14.5. The average molecular weight is 299 g/mol. The highest BCUT2D eigenvalue weighted by molar-refractivity contribution is 5.41. The van der Waals surface area contributed by atoms with Crippen molar-refractivity contribution in [3.05, 3.63) is 36.0 Å². The van der Waals surface area contributed by atoms with Crippen LogP contribution in [0.4, 0.5) is 0 Å². The molecule has 0 bridgehead atoms. The van der Waals surface area contributed by atoms with Crippen LogP contribution in [0.5, 0.6) is 0 Å². The molecule has 22 heavy (non-hydrogen) atoms. The van der Waals surface area contributed by atoms with E-state index in [-0.39, 0.29) is 5.41 Å². The van der Waals surface area contributed by atoms with Gasteiger partial charge in [0.15, 0.2) is 0 Å². The van der Waals surface area contributed by atoms with Crippen LogP contribution >= 0.6 is 0 Å². The van der Waals surface area contributed by atoms with E-state index >= 15 is 0 Å². The Morgan fingerprint density at radius 3 is 2.59 bits per heavy atom. The lowest BCUT2D eigenvalue weighted by atomic mass is 9.61. The number of allylic oxidation sites excluding steroid dienone is 5. The lowest BCUT2D eigenvalue weighted by Gasteiger charge is -2.43. The summed E-state index contributed by atoms with van der Waals surface area (Å²) >= 11 is 0. The first-order chi connectivity index (χ1) is 10.4. The molecule has 0 heterocycles. The highest BCUT2D eigenvalue weighted by Crippen LogP contribution is 2.55. The van der Waals surface area contributed by atoms with Crippen molar-refractivity contribution in [3.8, 4) is 0 Å². The Kier molecular flexibility index (Phi) is 4.16. The minimum absolute atomic E-state index is 0.256. The molecule has 2 saturated carbocycles. The third kappa shape index (κ3) is 2.53. The summed E-state index contributed by atoms with van der Waals surface area (Å²) in [6.07, 6.45) is 16.8. The van der Waals surface area contributed by atoms with Crippen LogP contribution in [0.25, 0.3) is 0 Å². The molecule has 0 aromatic heterocycles. The van der Waals surface area contributed by atoms with E-state index < -0.39 is 0 Å². The molecule has 0 heteroatoms. The highest BCUT2D eigenvalue weighted by Gasteiger charge is 2.45. The molecule has 3 rings (SSSR count). The Balaban J connectivity index is 1.88. The maximum Gasteiger partial charge on any atom is 0.00946 e. The quantitative estimate of drug-likeness (QED) is 0.467. The predicted molar refractivity (Wildman–Crippen MR) is 96.7 cm³/mol. The first-order valence-electron chi connectivity index (χ1n) is 9.45. The number of hydrogen-bond acceptors (Lipinski definition) is 0. The molecule has 0 spiro atoms. The van der Waals surface area contributed by atoms with Gasteiger partial charge < -0.3 is 0 Å². The molecule has 0 aliphatic heterocycles. The van der Waals surface area contributed by atoms with Crippen molar-refractivity contribution in [1.29, 1.82) is 0 Å². The van der Waals surface area contributed by atoms with Gasteiger partial charge in [-0.15, -0.1) is 0 Å². The summed E-state index contributed by atoms with van der Waals surface area (Å²) < 4.78 is 0. The van der Waals surface area contributed by atoms with Gasteiger partial charge in [0.1, 0.15) is 0 Å². The van der Waals surface area contributed by atoms with E-state index in [1.54, 1.807) is 5.57 Å². The van der Waals surface area contributed by atoms with Crippen molar-refractivity contribution in [3.63, 3.8) is 0 Å². The van der Waals surface area contributed by atoms with Gasteiger partial charge >= 0.3 is 0 Å². The molecule has 3 aliphatic rings. The van der Waals surface area contributed by atoms with Crippen molar-refractivity contribution in [2.24, 2.45) is 28.6 Å². The van der Waals surface area contributed by atoms with Gasteiger partial charge in [-0.3, -0.25) is 0 Å². The zero-order valence-electron chi connectivity index (χ0n) is 15.1. The van der Waals surface area contributed by atoms with Gasteiger partial charge in [-0.05, 0) is 73.7 Å². The topological polar surface area (TPSA) is 0 Å². The lowest BCUT2D eigenvalue weighted by molar-refractivity contribution is 0.115. The molecule has 0 aromatic carbocycles. The van der Waals surface area contributed by atoms with Gasteiger partial charge in [0, 0.05) is 5.41 Å². The van der Waals surface area contributed by atoms with Crippen molar-refractivity contribution in [2.75, 3.05) is 0 Å². The summed E-state index contributed by atoms with van der Waals surface area (Å²) in [5.41, 5.74) is 3.68. The van der Waals surface area contributed by atoms with Crippen LogP contribution in [0.3, 0.4) is 0 Å². The molecule has 2 fully saturated rings. The predicted octanol–water partition coefficient (Wildman–Crippen LogP) is 6.70. The number of fused-ring (bicyclic) bond motifs is 2. The Bertz CT molecular complexity index is 508. The second kappa shape index (κ2) is 5.69. The van der Waals surface area contributed by atoms with Crippen LogP contribution in [0.2, 0.25) is 0 Å². The summed E-state index contributed by atoms with van der Waals surface area (Å²) in [7, 11) is 0. The van der Waals surface area contributed by atoms with Crippen LogP contribution in [0.15, 0.2) is 36.0 Å². The fraction of sp³-hybridized carbons (Fsp3) is 0.727. The molecular weight excluding hydrogens is 264 g/mol. The first-order valence-corrected chi connectivity index (χ1v) is 9.45. The van der Waals surface area contributed by atoms with E-state index in [1.807, 2.05) is 0 Å². The minimum Gasteiger partial charge on any atom is -0.0918 e. The molecular formula is C22H34. The average Bonchev–Trinajstić information content (AvgIpc) is 2.76.